The Bertz CT molecular complexity index is 531. The van der Waals surface area contributed by atoms with Crippen LogP contribution in [0.2, 0.25) is 5.02 Å². The molecule has 0 spiro atoms. The van der Waals surface area contributed by atoms with Gasteiger partial charge in [0, 0.05) is 5.02 Å². The van der Waals surface area contributed by atoms with Crippen molar-refractivity contribution in [1.29, 1.82) is 0 Å². The van der Waals surface area contributed by atoms with Gasteiger partial charge in [-0.1, -0.05) is 24.4 Å². The maximum Gasteiger partial charge on any atom is 0.0995 e. The zero-order chi connectivity index (χ0) is 11.8. The van der Waals surface area contributed by atoms with Crippen molar-refractivity contribution >= 4 is 17.1 Å². The van der Waals surface area contributed by atoms with Crippen LogP contribution >= 0.6 is 11.6 Å². The zero-order valence-electron chi connectivity index (χ0n) is 9.51. The fourth-order valence-corrected chi connectivity index (χ4v) is 2.99. The van der Waals surface area contributed by atoms with Crippen LogP contribution in [0.4, 0.5) is 0 Å². The molecule has 1 fully saturated rings. The summed E-state index contributed by atoms with van der Waals surface area (Å²) in [5.74, 6) is 0.360. The van der Waals surface area contributed by atoms with E-state index in [-0.39, 0.29) is 0 Å². The quantitative estimate of drug-likeness (QED) is 0.889. The van der Waals surface area contributed by atoms with E-state index in [0.29, 0.717) is 10.9 Å². The van der Waals surface area contributed by atoms with E-state index in [1.807, 2.05) is 16.5 Å². The van der Waals surface area contributed by atoms with E-state index in [2.05, 4.69) is 4.98 Å². The molecule has 0 amide bonds. The van der Waals surface area contributed by atoms with Crippen LogP contribution in [-0.4, -0.2) is 14.5 Å². The first-order valence-electron chi connectivity index (χ1n) is 6.05. The molecule has 0 aromatic carbocycles. The lowest BCUT2D eigenvalue weighted by Gasteiger charge is -2.19. The standard InChI is InChI=1S/C13H15ClN2O/c14-10-5-11-7-15-8-16(11)12(6-10)13(17)9-3-1-2-4-9/h5-9,13,17H,1-4H2. The van der Waals surface area contributed by atoms with Crippen molar-refractivity contribution in [3.8, 4) is 0 Å². The molecule has 0 saturated heterocycles. The number of aromatic nitrogens is 2. The fraction of sp³-hybridized carbons (Fsp3) is 0.462. The van der Waals surface area contributed by atoms with Crippen molar-refractivity contribution < 1.29 is 5.11 Å². The van der Waals surface area contributed by atoms with Crippen LogP contribution in [0.25, 0.3) is 5.52 Å². The Hall–Kier alpha value is -1.06. The lowest BCUT2D eigenvalue weighted by molar-refractivity contribution is 0.106. The number of nitrogens with zero attached hydrogens (tertiary/aromatic N) is 2. The molecule has 0 radical (unpaired) electrons. The molecule has 1 aliphatic carbocycles. The van der Waals surface area contributed by atoms with Gasteiger partial charge in [0.1, 0.15) is 0 Å². The van der Waals surface area contributed by atoms with E-state index < -0.39 is 6.10 Å². The predicted octanol–water partition coefficient (Wildman–Crippen LogP) is 3.21. The number of fused-ring (bicyclic) bond motifs is 1. The summed E-state index contributed by atoms with van der Waals surface area (Å²) in [6.45, 7) is 0. The van der Waals surface area contributed by atoms with Gasteiger partial charge in [0.25, 0.3) is 0 Å². The molecule has 17 heavy (non-hydrogen) atoms. The first-order valence-corrected chi connectivity index (χ1v) is 6.43. The second-order valence-corrected chi connectivity index (χ2v) is 5.21. The number of imidazole rings is 1. The Balaban J connectivity index is 2.05. The molecule has 2 aromatic rings. The van der Waals surface area contributed by atoms with Gasteiger partial charge >= 0.3 is 0 Å². The minimum absolute atomic E-state index is 0.360. The van der Waals surface area contributed by atoms with Crippen molar-refractivity contribution in [3.63, 3.8) is 0 Å². The molecule has 2 aromatic heterocycles. The minimum atomic E-state index is -0.437. The summed E-state index contributed by atoms with van der Waals surface area (Å²) < 4.78 is 1.93. The van der Waals surface area contributed by atoms with Crippen LogP contribution in [0.1, 0.15) is 37.5 Å². The molecule has 1 N–H and O–H groups in total. The first-order chi connectivity index (χ1) is 8.25. The molecule has 4 heteroatoms. The lowest BCUT2D eigenvalue weighted by atomic mass is 9.97. The summed E-state index contributed by atoms with van der Waals surface area (Å²) in [6, 6.07) is 3.71. The second-order valence-electron chi connectivity index (χ2n) is 4.78. The summed E-state index contributed by atoms with van der Waals surface area (Å²) in [4.78, 5) is 4.11. The summed E-state index contributed by atoms with van der Waals surface area (Å²) >= 11 is 6.08. The van der Waals surface area contributed by atoms with Crippen LogP contribution < -0.4 is 0 Å². The average molecular weight is 251 g/mol. The van der Waals surface area contributed by atoms with E-state index in [1.165, 1.54) is 12.8 Å². The molecule has 3 rings (SSSR count). The van der Waals surface area contributed by atoms with Crippen molar-refractivity contribution in [3.05, 3.63) is 35.4 Å². The maximum atomic E-state index is 10.5. The van der Waals surface area contributed by atoms with Gasteiger partial charge in [0.2, 0.25) is 0 Å². The lowest BCUT2D eigenvalue weighted by Crippen LogP contribution is -2.12. The highest BCUT2D eigenvalue weighted by atomic mass is 35.5. The molecule has 0 aliphatic heterocycles. The zero-order valence-corrected chi connectivity index (χ0v) is 10.3. The molecule has 0 bridgehead atoms. The average Bonchev–Trinajstić information content (AvgIpc) is 2.97. The Morgan fingerprint density at radius 2 is 2.12 bits per heavy atom. The topological polar surface area (TPSA) is 37.5 Å². The third-order valence-corrected chi connectivity index (χ3v) is 3.88. The van der Waals surface area contributed by atoms with Crippen molar-refractivity contribution in [2.24, 2.45) is 5.92 Å². The van der Waals surface area contributed by atoms with E-state index in [4.69, 9.17) is 11.6 Å². The second kappa shape index (κ2) is 4.31. The molecule has 1 unspecified atom stereocenters. The molecule has 1 saturated carbocycles. The molecule has 1 aliphatic rings. The highest BCUT2D eigenvalue weighted by molar-refractivity contribution is 6.31. The monoisotopic (exact) mass is 250 g/mol. The highest BCUT2D eigenvalue weighted by Crippen LogP contribution is 2.36. The van der Waals surface area contributed by atoms with Gasteiger partial charge in [-0.3, -0.25) is 0 Å². The van der Waals surface area contributed by atoms with Crippen LogP contribution in [0, 0.1) is 5.92 Å². The number of pyridine rings is 1. The number of rotatable bonds is 2. The van der Waals surface area contributed by atoms with E-state index in [0.717, 1.165) is 24.1 Å². The van der Waals surface area contributed by atoms with Crippen molar-refractivity contribution in [1.82, 2.24) is 9.38 Å². The van der Waals surface area contributed by atoms with Gasteiger partial charge in [-0.25, -0.2) is 4.98 Å². The van der Waals surface area contributed by atoms with Gasteiger partial charge in [0.15, 0.2) is 0 Å². The van der Waals surface area contributed by atoms with Gasteiger partial charge in [-0.15, -0.1) is 0 Å². The van der Waals surface area contributed by atoms with E-state index >= 15 is 0 Å². The number of aliphatic hydroxyl groups excluding tert-OH is 1. The maximum absolute atomic E-state index is 10.5. The predicted molar refractivity (Wildman–Crippen MR) is 67.1 cm³/mol. The molecular weight excluding hydrogens is 236 g/mol. The smallest absolute Gasteiger partial charge is 0.0995 e. The SMILES string of the molecule is OC(c1cc(Cl)cc2cncn12)C1CCCC1. The van der Waals surface area contributed by atoms with E-state index in [9.17, 15) is 5.11 Å². The van der Waals surface area contributed by atoms with Gasteiger partial charge < -0.3 is 9.51 Å². The first kappa shape index (κ1) is 11.1. The number of hydrogen-bond acceptors (Lipinski definition) is 2. The molecule has 2 heterocycles. The summed E-state index contributed by atoms with van der Waals surface area (Å²) in [6.07, 6.45) is 7.70. The summed E-state index contributed by atoms with van der Waals surface area (Å²) in [5, 5.41) is 11.1. The van der Waals surface area contributed by atoms with Crippen LogP contribution in [-0.2, 0) is 0 Å². The van der Waals surface area contributed by atoms with Crippen molar-refractivity contribution in [2.45, 2.75) is 31.8 Å². The highest BCUT2D eigenvalue weighted by Gasteiger charge is 2.26. The Morgan fingerprint density at radius 1 is 1.35 bits per heavy atom. The Morgan fingerprint density at radius 3 is 2.88 bits per heavy atom. The fourth-order valence-electron chi connectivity index (χ4n) is 2.76. The van der Waals surface area contributed by atoms with Crippen molar-refractivity contribution in [2.75, 3.05) is 0 Å². The minimum Gasteiger partial charge on any atom is -0.387 e. The molecule has 3 nitrogen and oxygen atoms in total. The van der Waals surface area contributed by atoms with Gasteiger partial charge in [0.05, 0.1) is 29.8 Å². The normalized spacial score (nSPS) is 18.9. The van der Waals surface area contributed by atoms with Crippen LogP contribution in [0.3, 0.4) is 0 Å². The third kappa shape index (κ3) is 1.94. The Kier molecular flexibility index (Phi) is 2.81. The summed E-state index contributed by atoms with van der Waals surface area (Å²) in [7, 11) is 0. The number of aliphatic hydroxyl groups is 1. The van der Waals surface area contributed by atoms with Crippen LogP contribution in [0.15, 0.2) is 24.7 Å². The number of halogens is 1. The van der Waals surface area contributed by atoms with Gasteiger partial charge in [-0.2, -0.15) is 0 Å². The molecular formula is C13H15ClN2O. The molecule has 1 atom stereocenters. The summed E-state index contributed by atoms with van der Waals surface area (Å²) in [5.41, 5.74) is 1.79. The largest absolute Gasteiger partial charge is 0.387 e. The molecule has 90 valence electrons. The van der Waals surface area contributed by atoms with Crippen LogP contribution in [0.5, 0.6) is 0 Å². The number of hydrogen-bond donors (Lipinski definition) is 1. The van der Waals surface area contributed by atoms with E-state index in [1.54, 1.807) is 12.5 Å². The Labute approximate surface area is 105 Å². The van der Waals surface area contributed by atoms with Gasteiger partial charge in [-0.05, 0) is 30.9 Å². The third-order valence-electron chi connectivity index (χ3n) is 3.67.